The van der Waals surface area contributed by atoms with Crippen molar-refractivity contribution in [3.63, 3.8) is 0 Å². The molecule has 0 saturated heterocycles. The van der Waals surface area contributed by atoms with Gasteiger partial charge in [-0.25, -0.2) is 15.0 Å². The van der Waals surface area contributed by atoms with Crippen LogP contribution in [-0.2, 0) is 6.54 Å². The Morgan fingerprint density at radius 1 is 1.40 bits per heavy atom. The summed E-state index contributed by atoms with van der Waals surface area (Å²) in [6.07, 6.45) is 5.39. The molecule has 78 valence electrons. The SMILES string of the molecule is CNc1cc(C)nc(Cn2ccnc2)n1. The van der Waals surface area contributed by atoms with Crippen LogP contribution in [0.3, 0.4) is 0 Å². The first-order valence-corrected chi connectivity index (χ1v) is 4.76. The maximum Gasteiger partial charge on any atom is 0.150 e. The van der Waals surface area contributed by atoms with E-state index in [1.54, 1.807) is 12.5 Å². The third-order valence-corrected chi connectivity index (χ3v) is 2.04. The summed E-state index contributed by atoms with van der Waals surface area (Å²) in [5.74, 6) is 1.63. The van der Waals surface area contributed by atoms with Crippen LogP contribution in [0, 0.1) is 6.92 Å². The van der Waals surface area contributed by atoms with Gasteiger partial charge in [0.15, 0.2) is 5.82 Å². The highest BCUT2D eigenvalue weighted by molar-refractivity contribution is 5.34. The smallest absolute Gasteiger partial charge is 0.150 e. The molecule has 0 radical (unpaired) electrons. The lowest BCUT2D eigenvalue weighted by molar-refractivity contribution is 0.739. The summed E-state index contributed by atoms with van der Waals surface area (Å²) in [7, 11) is 1.85. The van der Waals surface area contributed by atoms with Crippen LogP contribution in [0.5, 0.6) is 0 Å². The minimum Gasteiger partial charge on any atom is -0.373 e. The van der Waals surface area contributed by atoms with Crippen molar-refractivity contribution in [1.29, 1.82) is 0 Å². The Labute approximate surface area is 88.2 Å². The Kier molecular flexibility index (Phi) is 2.62. The van der Waals surface area contributed by atoms with Crippen molar-refractivity contribution >= 4 is 5.82 Å². The summed E-state index contributed by atoms with van der Waals surface area (Å²) in [6.45, 7) is 2.61. The standard InChI is InChI=1S/C10H13N5/c1-8-5-9(11-2)14-10(13-8)6-15-4-3-12-7-15/h3-5,7H,6H2,1-2H3,(H,11,13,14). The van der Waals surface area contributed by atoms with E-state index in [1.807, 2.05) is 30.8 Å². The van der Waals surface area contributed by atoms with Crippen LogP contribution in [0.15, 0.2) is 24.8 Å². The van der Waals surface area contributed by atoms with Gasteiger partial charge in [-0.15, -0.1) is 0 Å². The molecule has 0 aromatic carbocycles. The Balaban J connectivity index is 2.24. The van der Waals surface area contributed by atoms with Gasteiger partial charge in [0, 0.05) is 31.2 Å². The van der Waals surface area contributed by atoms with Crippen LogP contribution >= 0.6 is 0 Å². The number of aryl methyl sites for hydroxylation is 1. The zero-order valence-corrected chi connectivity index (χ0v) is 8.81. The number of hydrogen-bond acceptors (Lipinski definition) is 4. The second-order valence-corrected chi connectivity index (χ2v) is 3.30. The molecule has 0 spiro atoms. The van der Waals surface area contributed by atoms with E-state index < -0.39 is 0 Å². The van der Waals surface area contributed by atoms with Crippen LogP contribution in [0.1, 0.15) is 11.5 Å². The van der Waals surface area contributed by atoms with Crippen molar-refractivity contribution in [2.24, 2.45) is 0 Å². The molecule has 0 unspecified atom stereocenters. The molecule has 15 heavy (non-hydrogen) atoms. The number of aromatic nitrogens is 4. The molecule has 0 aliphatic rings. The summed E-state index contributed by atoms with van der Waals surface area (Å²) in [4.78, 5) is 12.7. The highest BCUT2D eigenvalue weighted by Gasteiger charge is 2.01. The maximum absolute atomic E-state index is 4.36. The molecule has 0 saturated carbocycles. The Morgan fingerprint density at radius 3 is 2.93 bits per heavy atom. The Morgan fingerprint density at radius 2 is 2.27 bits per heavy atom. The molecule has 0 aliphatic carbocycles. The van der Waals surface area contributed by atoms with Gasteiger partial charge in [0.05, 0.1) is 12.9 Å². The van der Waals surface area contributed by atoms with Gasteiger partial charge in [-0.05, 0) is 6.92 Å². The molecule has 5 nitrogen and oxygen atoms in total. The number of nitrogens with zero attached hydrogens (tertiary/aromatic N) is 4. The topological polar surface area (TPSA) is 55.6 Å². The van der Waals surface area contributed by atoms with Crippen LogP contribution in [-0.4, -0.2) is 26.6 Å². The summed E-state index contributed by atoms with van der Waals surface area (Å²) in [5, 5.41) is 3.01. The lowest BCUT2D eigenvalue weighted by atomic mass is 10.4. The Bertz CT molecular complexity index is 435. The average molecular weight is 203 g/mol. The van der Waals surface area contributed by atoms with Crippen LogP contribution in [0.25, 0.3) is 0 Å². The second kappa shape index (κ2) is 4.08. The molecule has 2 rings (SSSR count). The summed E-state index contributed by atoms with van der Waals surface area (Å²) in [6, 6.07) is 1.91. The first kappa shape index (κ1) is 9.64. The van der Waals surface area contributed by atoms with Crippen LogP contribution in [0.4, 0.5) is 5.82 Å². The molecule has 0 amide bonds. The minimum absolute atomic E-state index is 0.649. The van der Waals surface area contributed by atoms with Gasteiger partial charge in [-0.1, -0.05) is 0 Å². The van der Waals surface area contributed by atoms with Gasteiger partial charge in [0.1, 0.15) is 5.82 Å². The summed E-state index contributed by atoms with van der Waals surface area (Å²) >= 11 is 0. The van der Waals surface area contributed by atoms with Gasteiger partial charge >= 0.3 is 0 Å². The largest absolute Gasteiger partial charge is 0.373 e. The molecule has 2 aromatic rings. The van der Waals surface area contributed by atoms with Crippen molar-refractivity contribution < 1.29 is 0 Å². The fourth-order valence-electron chi connectivity index (χ4n) is 1.37. The Hall–Kier alpha value is -1.91. The predicted molar refractivity (Wildman–Crippen MR) is 57.6 cm³/mol. The number of imidazole rings is 1. The predicted octanol–water partition coefficient (Wildman–Crippen LogP) is 1.07. The van der Waals surface area contributed by atoms with Gasteiger partial charge < -0.3 is 9.88 Å². The van der Waals surface area contributed by atoms with E-state index in [2.05, 4.69) is 20.3 Å². The average Bonchev–Trinajstić information content (AvgIpc) is 2.69. The van der Waals surface area contributed by atoms with Crippen molar-refractivity contribution in [3.8, 4) is 0 Å². The molecule has 1 N–H and O–H groups in total. The van der Waals surface area contributed by atoms with E-state index >= 15 is 0 Å². The number of anilines is 1. The van der Waals surface area contributed by atoms with Gasteiger partial charge in [0.25, 0.3) is 0 Å². The van der Waals surface area contributed by atoms with Crippen molar-refractivity contribution in [1.82, 2.24) is 19.5 Å². The van der Waals surface area contributed by atoms with Crippen molar-refractivity contribution in [3.05, 3.63) is 36.3 Å². The van der Waals surface area contributed by atoms with E-state index in [0.717, 1.165) is 17.3 Å². The molecule has 2 heterocycles. The molecular weight excluding hydrogens is 190 g/mol. The molecule has 0 bridgehead atoms. The zero-order chi connectivity index (χ0) is 10.7. The zero-order valence-electron chi connectivity index (χ0n) is 8.81. The number of hydrogen-bond donors (Lipinski definition) is 1. The van der Waals surface area contributed by atoms with Gasteiger partial charge in [0.2, 0.25) is 0 Å². The van der Waals surface area contributed by atoms with Crippen LogP contribution < -0.4 is 5.32 Å². The minimum atomic E-state index is 0.649. The number of nitrogens with one attached hydrogen (secondary N) is 1. The molecular formula is C10H13N5. The number of rotatable bonds is 3. The fourth-order valence-corrected chi connectivity index (χ4v) is 1.37. The summed E-state index contributed by atoms with van der Waals surface area (Å²) < 4.78 is 1.94. The van der Waals surface area contributed by atoms with Gasteiger partial charge in [-0.3, -0.25) is 0 Å². The lowest BCUT2D eigenvalue weighted by Crippen LogP contribution is -2.05. The third-order valence-electron chi connectivity index (χ3n) is 2.04. The molecule has 0 aliphatic heterocycles. The summed E-state index contributed by atoms with van der Waals surface area (Å²) in [5.41, 5.74) is 0.962. The molecule has 5 heteroatoms. The van der Waals surface area contributed by atoms with E-state index in [4.69, 9.17) is 0 Å². The molecule has 0 fully saturated rings. The normalized spacial score (nSPS) is 10.3. The first-order valence-electron chi connectivity index (χ1n) is 4.76. The highest BCUT2D eigenvalue weighted by atomic mass is 15.1. The monoisotopic (exact) mass is 203 g/mol. The maximum atomic E-state index is 4.36. The van der Waals surface area contributed by atoms with E-state index in [-0.39, 0.29) is 0 Å². The van der Waals surface area contributed by atoms with Gasteiger partial charge in [-0.2, -0.15) is 0 Å². The molecule has 2 aromatic heterocycles. The first-order chi connectivity index (χ1) is 7.28. The lowest BCUT2D eigenvalue weighted by Gasteiger charge is -2.05. The second-order valence-electron chi connectivity index (χ2n) is 3.30. The quantitative estimate of drug-likeness (QED) is 0.810. The van der Waals surface area contributed by atoms with E-state index in [0.29, 0.717) is 6.54 Å². The fraction of sp³-hybridized carbons (Fsp3) is 0.300. The molecule has 0 atom stereocenters. The van der Waals surface area contributed by atoms with Crippen molar-refractivity contribution in [2.45, 2.75) is 13.5 Å². The van der Waals surface area contributed by atoms with Crippen molar-refractivity contribution in [2.75, 3.05) is 12.4 Å². The highest BCUT2D eigenvalue weighted by Crippen LogP contribution is 2.06. The third kappa shape index (κ3) is 2.31. The van der Waals surface area contributed by atoms with E-state index in [9.17, 15) is 0 Å². The van der Waals surface area contributed by atoms with E-state index in [1.165, 1.54) is 0 Å². The van der Waals surface area contributed by atoms with Crippen LogP contribution in [0.2, 0.25) is 0 Å².